The van der Waals surface area contributed by atoms with Crippen molar-refractivity contribution in [2.45, 2.75) is 63.5 Å². The molecule has 3 atom stereocenters. The van der Waals surface area contributed by atoms with Crippen LogP contribution >= 0.6 is 0 Å². The van der Waals surface area contributed by atoms with Crippen LogP contribution in [0, 0.1) is 5.92 Å². The minimum atomic E-state index is -0.668. The zero-order chi connectivity index (χ0) is 30.2. The molecule has 1 heterocycles. The second-order valence-electron chi connectivity index (χ2n) is 10.5. The molecule has 0 saturated heterocycles. The van der Waals surface area contributed by atoms with E-state index in [0.29, 0.717) is 32.1 Å². The number of allylic oxidation sites excluding steroid dienone is 2. The van der Waals surface area contributed by atoms with Crippen LogP contribution in [0.15, 0.2) is 86.1 Å². The number of esters is 1. The van der Waals surface area contributed by atoms with Crippen LogP contribution in [0.25, 0.3) is 10.9 Å². The maximum atomic E-state index is 13.5. The molecule has 8 nitrogen and oxygen atoms in total. The number of H-pyrrole nitrogens is 1. The number of hydrogen-bond donors (Lipinski definition) is 4. The van der Waals surface area contributed by atoms with E-state index in [-0.39, 0.29) is 37.4 Å². The number of hydrogen-bond acceptors (Lipinski definition) is 5. The fourth-order valence-corrected chi connectivity index (χ4v) is 4.91. The standard InChI is InChI=1S/C34H43N3O5/c1-3-5-6-10-18-33(40)42-24-29(20-27-22-35-31-17-12-11-16-30(27)31)37-34(41)26(13-4-2)21-32(39)36-28(23-38)19-25-14-8-7-9-15-25/h3-4,7-9,11-12,14-17,22,26,28-29,35,38H,1-2,5-6,10,13,18-21,23-24H2,(H,36,39)(H,37,41). The van der Waals surface area contributed by atoms with Crippen molar-refractivity contribution in [3.63, 3.8) is 0 Å². The van der Waals surface area contributed by atoms with E-state index >= 15 is 0 Å². The zero-order valence-electron chi connectivity index (χ0n) is 24.2. The molecule has 42 heavy (non-hydrogen) atoms. The predicted molar refractivity (Wildman–Crippen MR) is 166 cm³/mol. The van der Waals surface area contributed by atoms with Crippen LogP contribution in [-0.2, 0) is 32.0 Å². The van der Waals surface area contributed by atoms with Gasteiger partial charge in [-0.2, -0.15) is 0 Å². The number of aliphatic hydroxyl groups excluding tert-OH is 1. The van der Waals surface area contributed by atoms with Gasteiger partial charge in [-0.05, 0) is 55.7 Å². The Morgan fingerprint density at radius 3 is 2.43 bits per heavy atom. The number of ether oxygens (including phenoxy) is 1. The summed E-state index contributed by atoms with van der Waals surface area (Å²) in [5.74, 6) is -1.63. The quantitative estimate of drug-likeness (QED) is 0.0934. The van der Waals surface area contributed by atoms with Crippen LogP contribution in [0.1, 0.15) is 49.7 Å². The van der Waals surface area contributed by atoms with Crippen LogP contribution in [0.2, 0.25) is 0 Å². The Kier molecular flexibility index (Phi) is 13.6. The molecule has 2 aromatic carbocycles. The summed E-state index contributed by atoms with van der Waals surface area (Å²) in [4.78, 5) is 42.0. The first-order valence-electron chi connectivity index (χ1n) is 14.6. The number of rotatable bonds is 19. The number of unbranched alkanes of at least 4 members (excludes halogenated alkanes) is 2. The van der Waals surface area contributed by atoms with E-state index in [9.17, 15) is 19.5 Å². The summed E-state index contributed by atoms with van der Waals surface area (Å²) in [5, 5.41) is 16.7. The highest BCUT2D eigenvalue weighted by Gasteiger charge is 2.26. The first-order chi connectivity index (χ1) is 20.4. The number of carbonyl (C=O) groups excluding carboxylic acids is 3. The van der Waals surface area contributed by atoms with E-state index < -0.39 is 18.0 Å². The average Bonchev–Trinajstić information content (AvgIpc) is 3.40. The highest BCUT2D eigenvalue weighted by atomic mass is 16.5. The Labute approximate surface area is 248 Å². The largest absolute Gasteiger partial charge is 0.463 e. The van der Waals surface area contributed by atoms with Crippen molar-refractivity contribution in [3.05, 3.63) is 97.2 Å². The number of aromatic nitrogens is 1. The van der Waals surface area contributed by atoms with Gasteiger partial charge in [0.25, 0.3) is 0 Å². The van der Waals surface area contributed by atoms with Crippen molar-refractivity contribution in [3.8, 4) is 0 Å². The second-order valence-corrected chi connectivity index (χ2v) is 10.5. The minimum absolute atomic E-state index is 0.0161. The van der Waals surface area contributed by atoms with E-state index in [1.165, 1.54) is 0 Å². The maximum absolute atomic E-state index is 13.5. The number of para-hydroxylation sites is 1. The lowest BCUT2D eigenvalue weighted by atomic mass is 9.97. The van der Waals surface area contributed by atoms with Gasteiger partial charge in [0.05, 0.1) is 24.6 Å². The molecule has 224 valence electrons. The number of benzene rings is 2. The fraction of sp³-hybridized carbons (Fsp3) is 0.382. The average molecular weight is 574 g/mol. The maximum Gasteiger partial charge on any atom is 0.305 e. The summed E-state index contributed by atoms with van der Waals surface area (Å²) in [6.45, 7) is 7.27. The molecule has 3 rings (SSSR count). The van der Waals surface area contributed by atoms with Gasteiger partial charge in [-0.3, -0.25) is 14.4 Å². The van der Waals surface area contributed by atoms with Gasteiger partial charge in [-0.25, -0.2) is 0 Å². The summed E-state index contributed by atoms with van der Waals surface area (Å²) < 4.78 is 5.57. The minimum Gasteiger partial charge on any atom is -0.463 e. The van der Waals surface area contributed by atoms with Crippen LogP contribution in [0.5, 0.6) is 0 Å². The normalized spacial score (nSPS) is 13.1. The molecule has 0 saturated carbocycles. The SMILES string of the molecule is C=CCCCCC(=O)OCC(Cc1c[nH]c2ccccc12)NC(=O)C(CC=C)CC(=O)NC(CO)Cc1ccccc1. The van der Waals surface area contributed by atoms with Crippen LogP contribution < -0.4 is 10.6 Å². The Morgan fingerprint density at radius 2 is 1.69 bits per heavy atom. The van der Waals surface area contributed by atoms with Crippen molar-refractivity contribution in [1.29, 1.82) is 0 Å². The number of nitrogens with one attached hydrogen (secondary N) is 3. The van der Waals surface area contributed by atoms with Crippen molar-refractivity contribution in [1.82, 2.24) is 15.6 Å². The molecule has 4 N–H and O–H groups in total. The fourth-order valence-electron chi connectivity index (χ4n) is 4.91. The molecule has 0 radical (unpaired) electrons. The molecular weight excluding hydrogens is 530 g/mol. The number of aliphatic hydroxyl groups is 1. The topological polar surface area (TPSA) is 121 Å². The van der Waals surface area contributed by atoms with Crippen LogP contribution in [0.3, 0.4) is 0 Å². The molecule has 1 aromatic heterocycles. The Balaban J connectivity index is 1.65. The van der Waals surface area contributed by atoms with Gasteiger partial charge in [0.15, 0.2) is 0 Å². The van der Waals surface area contributed by atoms with E-state index in [1.807, 2.05) is 66.9 Å². The number of amides is 2. The lowest BCUT2D eigenvalue weighted by molar-refractivity contribution is -0.145. The first kappa shape index (κ1) is 32.3. The van der Waals surface area contributed by atoms with Crippen molar-refractivity contribution < 1.29 is 24.2 Å². The highest BCUT2D eigenvalue weighted by molar-refractivity contribution is 5.86. The van der Waals surface area contributed by atoms with Gasteiger partial charge < -0.3 is 25.5 Å². The zero-order valence-corrected chi connectivity index (χ0v) is 24.2. The van der Waals surface area contributed by atoms with Crippen LogP contribution in [0.4, 0.5) is 0 Å². The highest BCUT2D eigenvalue weighted by Crippen LogP contribution is 2.20. The van der Waals surface area contributed by atoms with Gasteiger partial charge >= 0.3 is 5.97 Å². The van der Waals surface area contributed by atoms with Gasteiger partial charge in [0.1, 0.15) is 6.61 Å². The molecule has 0 spiro atoms. The van der Waals surface area contributed by atoms with E-state index in [4.69, 9.17) is 4.74 Å². The molecule has 2 amide bonds. The third kappa shape index (κ3) is 10.7. The third-order valence-corrected chi connectivity index (χ3v) is 7.14. The molecule has 3 aromatic rings. The van der Waals surface area contributed by atoms with Crippen molar-refractivity contribution in [2.75, 3.05) is 13.2 Å². The van der Waals surface area contributed by atoms with Gasteiger partial charge in [0.2, 0.25) is 11.8 Å². The van der Waals surface area contributed by atoms with Gasteiger partial charge in [-0.15, -0.1) is 13.2 Å². The number of aromatic amines is 1. The van der Waals surface area contributed by atoms with Crippen LogP contribution in [-0.4, -0.2) is 53.2 Å². The molecule has 0 bridgehead atoms. The molecule has 3 unspecified atom stereocenters. The van der Waals surface area contributed by atoms with E-state index in [0.717, 1.165) is 34.9 Å². The Morgan fingerprint density at radius 1 is 0.929 bits per heavy atom. The second kappa shape index (κ2) is 17.6. The van der Waals surface area contributed by atoms with Crippen molar-refractivity contribution >= 4 is 28.7 Å². The smallest absolute Gasteiger partial charge is 0.305 e. The lowest BCUT2D eigenvalue weighted by Gasteiger charge is -2.23. The first-order valence-corrected chi connectivity index (χ1v) is 14.6. The molecular formula is C34H43N3O5. The summed E-state index contributed by atoms with van der Waals surface area (Å²) >= 11 is 0. The molecule has 0 aliphatic carbocycles. The van der Waals surface area contributed by atoms with E-state index in [2.05, 4.69) is 28.8 Å². The van der Waals surface area contributed by atoms with Crippen molar-refractivity contribution in [2.24, 2.45) is 5.92 Å². The number of fused-ring (bicyclic) bond motifs is 1. The summed E-state index contributed by atoms with van der Waals surface area (Å²) in [6.07, 6.45) is 9.21. The number of carbonyl (C=O) groups is 3. The molecule has 8 heteroatoms. The third-order valence-electron chi connectivity index (χ3n) is 7.14. The summed E-state index contributed by atoms with van der Waals surface area (Å²) in [7, 11) is 0. The summed E-state index contributed by atoms with van der Waals surface area (Å²) in [6, 6.07) is 16.5. The van der Waals surface area contributed by atoms with Gasteiger partial charge in [-0.1, -0.05) is 60.7 Å². The molecule has 0 fully saturated rings. The Bertz CT molecular complexity index is 1300. The predicted octanol–water partition coefficient (Wildman–Crippen LogP) is 4.79. The molecule has 0 aliphatic rings. The lowest BCUT2D eigenvalue weighted by Crippen LogP contribution is -2.45. The molecule has 0 aliphatic heterocycles. The monoisotopic (exact) mass is 573 g/mol. The Hall–Kier alpha value is -4.17. The summed E-state index contributed by atoms with van der Waals surface area (Å²) in [5.41, 5.74) is 2.96. The van der Waals surface area contributed by atoms with Gasteiger partial charge in [0, 0.05) is 29.9 Å². The van der Waals surface area contributed by atoms with E-state index in [1.54, 1.807) is 6.08 Å².